The van der Waals surface area contributed by atoms with E-state index in [0.717, 1.165) is 164 Å². The van der Waals surface area contributed by atoms with Gasteiger partial charge in [0.1, 0.15) is 29.3 Å². The molecule has 4 aliphatic rings. The first-order chi connectivity index (χ1) is 34.3. The number of nitrogens with one attached hydrogen (secondary N) is 2. The Labute approximate surface area is 417 Å². The molecule has 17 heteroatoms. The summed E-state index contributed by atoms with van der Waals surface area (Å²) in [7, 11) is 0. The number of aromatic nitrogens is 5. The third-order valence-corrected chi connectivity index (χ3v) is 15.1. The normalized spacial score (nSPS) is 20.6. The standard InChI is InChI=1S/C53H69ClN12O4/c1-2-40-36-59-66-49(31-50(61-52(40)66)65-21-4-3-6-44(65)19-28-67)56-33-39-7-16-51(58-34-39)69-29-5-20-62-24-26-63(27-25-62)37-38-17-22-64(23-18-38)48-15-9-42(35-57-48)53(68)60-43-10-13-45(14-11-43)70-46-12-8-41(32-55)47(54)30-46/h7-9,12,15-16,30-31,34-36,38,43-45,56,67H,2-6,10-11,13-14,17-29,33,37H2,1H3,(H,60,68). The van der Waals surface area contributed by atoms with E-state index in [1.165, 1.54) is 6.42 Å². The van der Waals surface area contributed by atoms with Crippen molar-refractivity contribution in [2.24, 2.45) is 5.92 Å². The molecule has 70 heavy (non-hydrogen) atoms. The van der Waals surface area contributed by atoms with Gasteiger partial charge in [0, 0.05) is 120 Å². The number of nitrogens with zero attached hydrogens (tertiary/aromatic N) is 10. The van der Waals surface area contributed by atoms with Crippen molar-refractivity contribution in [2.45, 2.75) is 109 Å². The molecule has 3 N–H and O–H groups in total. The van der Waals surface area contributed by atoms with E-state index in [0.29, 0.717) is 52.9 Å². The fourth-order valence-electron chi connectivity index (χ4n) is 10.6. The molecule has 1 saturated carbocycles. The lowest BCUT2D eigenvalue weighted by Gasteiger charge is -2.39. The van der Waals surface area contributed by atoms with Crippen LogP contribution in [0, 0.1) is 17.2 Å². The third kappa shape index (κ3) is 12.6. The minimum atomic E-state index is -0.0838. The Hall–Kier alpha value is -5.73. The number of aryl methyl sites for hydroxylation is 1. The predicted octanol–water partition coefficient (Wildman–Crippen LogP) is 7.38. The smallest absolute Gasteiger partial charge is 0.253 e. The second-order valence-corrected chi connectivity index (χ2v) is 19.9. The molecular formula is C53H69ClN12O4. The van der Waals surface area contributed by atoms with Gasteiger partial charge in [0.15, 0.2) is 5.65 Å². The Bertz CT molecular complexity index is 2510. The first kappa shape index (κ1) is 49.3. The van der Waals surface area contributed by atoms with Crippen molar-refractivity contribution in [2.75, 3.05) is 87.2 Å². The van der Waals surface area contributed by atoms with Gasteiger partial charge < -0.3 is 44.8 Å². The summed E-state index contributed by atoms with van der Waals surface area (Å²) in [5.41, 5.74) is 4.07. The number of aliphatic hydroxyl groups excluding tert-OH is 1. The number of pyridine rings is 2. The van der Waals surface area contributed by atoms with Gasteiger partial charge in [-0.05, 0) is 113 Å². The zero-order valence-electron chi connectivity index (χ0n) is 40.7. The molecule has 372 valence electrons. The third-order valence-electron chi connectivity index (χ3n) is 14.7. The highest BCUT2D eigenvalue weighted by Gasteiger charge is 2.28. The average molecular weight is 974 g/mol. The number of anilines is 3. The van der Waals surface area contributed by atoms with E-state index in [1.807, 2.05) is 35.1 Å². The van der Waals surface area contributed by atoms with Gasteiger partial charge in [-0.25, -0.2) is 15.0 Å². The number of piperidine rings is 2. The molecule has 16 nitrogen and oxygen atoms in total. The van der Waals surface area contributed by atoms with Gasteiger partial charge in [0.2, 0.25) is 5.88 Å². The van der Waals surface area contributed by atoms with E-state index in [2.05, 4.69) is 65.4 Å². The fourth-order valence-corrected chi connectivity index (χ4v) is 10.8. The van der Waals surface area contributed by atoms with E-state index in [4.69, 9.17) is 36.3 Å². The molecule has 1 unspecified atom stereocenters. The monoisotopic (exact) mass is 973 g/mol. The number of benzene rings is 1. The Morgan fingerprint density at radius 1 is 0.886 bits per heavy atom. The number of carbonyl (C=O) groups excluding carboxylic acids is 1. The number of amides is 1. The number of aliphatic hydroxyl groups is 1. The highest BCUT2D eigenvalue weighted by atomic mass is 35.5. The summed E-state index contributed by atoms with van der Waals surface area (Å²) >= 11 is 6.18. The molecular weight excluding hydrogens is 904 g/mol. The number of hydrogen-bond acceptors (Lipinski definition) is 14. The molecule has 0 bridgehead atoms. The predicted molar refractivity (Wildman–Crippen MR) is 273 cm³/mol. The van der Waals surface area contributed by atoms with Crippen LogP contribution in [0.15, 0.2) is 67.1 Å². The van der Waals surface area contributed by atoms with Crippen molar-refractivity contribution < 1.29 is 19.4 Å². The van der Waals surface area contributed by atoms with Crippen LogP contribution in [0.3, 0.4) is 0 Å². The first-order valence-corrected chi connectivity index (χ1v) is 26.1. The van der Waals surface area contributed by atoms with Crippen molar-refractivity contribution in [3.8, 4) is 17.7 Å². The van der Waals surface area contributed by atoms with Crippen LogP contribution in [0.25, 0.3) is 5.65 Å². The summed E-state index contributed by atoms with van der Waals surface area (Å²) in [5, 5.41) is 30.7. The van der Waals surface area contributed by atoms with E-state index in [1.54, 1.807) is 24.4 Å². The maximum atomic E-state index is 13.1. The number of halogens is 1. The van der Waals surface area contributed by atoms with Crippen molar-refractivity contribution >= 4 is 40.6 Å². The highest BCUT2D eigenvalue weighted by Crippen LogP contribution is 2.31. The molecule has 5 aromatic rings. The van der Waals surface area contributed by atoms with Crippen LogP contribution in [0.2, 0.25) is 5.02 Å². The van der Waals surface area contributed by atoms with Crippen LogP contribution < -0.4 is 29.9 Å². The first-order valence-electron chi connectivity index (χ1n) is 25.7. The second kappa shape index (κ2) is 23.9. The molecule has 3 aliphatic heterocycles. The minimum Gasteiger partial charge on any atom is -0.490 e. The summed E-state index contributed by atoms with van der Waals surface area (Å²) in [6, 6.07) is 17.6. The molecule has 4 aromatic heterocycles. The summed E-state index contributed by atoms with van der Waals surface area (Å²) in [6.07, 6.45) is 17.1. The summed E-state index contributed by atoms with van der Waals surface area (Å²) < 4.78 is 14.1. The molecule has 1 aliphatic carbocycles. The average Bonchev–Trinajstić information content (AvgIpc) is 3.82. The van der Waals surface area contributed by atoms with Gasteiger partial charge in [-0.3, -0.25) is 4.79 Å². The summed E-state index contributed by atoms with van der Waals surface area (Å²) in [5.74, 6) is 4.68. The van der Waals surface area contributed by atoms with Crippen LogP contribution in [0.5, 0.6) is 11.6 Å². The molecule has 1 atom stereocenters. The molecule has 4 fully saturated rings. The zero-order chi connectivity index (χ0) is 48.2. The number of ether oxygens (including phenoxy) is 2. The number of carbonyl (C=O) groups is 1. The molecule has 7 heterocycles. The van der Waals surface area contributed by atoms with Gasteiger partial charge in [0.25, 0.3) is 5.91 Å². The van der Waals surface area contributed by atoms with Crippen molar-refractivity contribution in [1.82, 2.24) is 39.7 Å². The van der Waals surface area contributed by atoms with Gasteiger partial charge in [-0.2, -0.15) is 14.9 Å². The molecule has 1 amide bonds. The van der Waals surface area contributed by atoms with Crippen LogP contribution in [-0.4, -0.2) is 136 Å². The zero-order valence-corrected chi connectivity index (χ0v) is 41.4. The number of hydrogen-bond donors (Lipinski definition) is 3. The van der Waals surface area contributed by atoms with Crippen molar-refractivity contribution in [1.29, 1.82) is 5.26 Å². The number of piperazine rings is 1. The minimum absolute atomic E-state index is 0.0537. The Morgan fingerprint density at radius 3 is 2.44 bits per heavy atom. The number of fused-ring (bicyclic) bond motifs is 1. The maximum absolute atomic E-state index is 13.1. The van der Waals surface area contributed by atoms with E-state index >= 15 is 0 Å². The molecule has 9 rings (SSSR count). The fraction of sp³-hybridized carbons (Fsp3) is 0.547. The molecule has 1 aromatic carbocycles. The summed E-state index contributed by atoms with van der Waals surface area (Å²) in [4.78, 5) is 37.4. The highest BCUT2D eigenvalue weighted by molar-refractivity contribution is 6.31. The molecule has 3 saturated heterocycles. The lowest BCUT2D eigenvalue weighted by Crippen LogP contribution is -2.49. The van der Waals surface area contributed by atoms with E-state index in [-0.39, 0.29) is 24.7 Å². The van der Waals surface area contributed by atoms with Gasteiger partial charge >= 0.3 is 0 Å². The SMILES string of the molecule is CCc1cnn2c(NCc3ccc(OCCCN4CCN(CC5CCN(c6ccc(C(=O)NC7CCC(Oc8ccc(C#N)c(Cl)c8)CC7)cn6)CC5)CC4)nc3)cc(N3CCCCC3CCO)nc12. The van der Waals surface area contributed by atoms with Crippen molar-refractivity contribution in [3.05, 3.63) is 94.4 Å². The Kier molecular flexibility index (Phi) is 16.8. The van der Waals surface area contributed by atoms with Gasteiger partial charge in [-0.1, -0.05) is 24.6 Å². The topological polar surface area (TPSA) is 173 Å². The maximum Gasteiger partial charge on any atom is 0.253 e. The number of rotatable bonds is 19. The second-order valence-electron chi connectivity index (χ2n) is 19.5. The van der Waals surface area contributed by atoms with Gasteiger partial charge in [0.05, 0.1) is 35.1 Å². The number of nitriles is 1. The Balaban J connectivity index is 0.638. The van der Waals surface area contributed by atoms with Crippen LogP contribution in [-0.2, 0) is 13.0 Å². The van der Waals surface area contributed by atoms with E-state index < -0.39 is 0 Å². The lowest BCUT2D eigenvalue weighted by molar-refractivity contribution is 0.0893. The Morgan fingerprint density at radius 2 is 1.71 bits per heavy atom. The molecule has 0 spiro atoms. The molecule has 0 radical (unpaired) electrons. The van der Waals surface area contributed by atoms with Crippen LogP contribution in [0.4, 0.5) is 17.5 Å². The van der Waals surface area contributed by atoms with Gasteiger partial charge in [-0.15, -0.1) is 0 Å². The van der Waals surface area contributed by atoms with Crippen molar-refractivity contribution in [3.63, 3.8) is 0 Å². The van der Waals surface area contributed by atoms with Crippen LogP contribution in [0.1, 0.15) is 105 Å². The quantitative estimate of drug-likeness (QED) is 0.0700. The van der Waals surface area contributed by atoms with E-state index in [9.17, 15) is 9.90 Å². The van der Waals surface area contributed by atoms with Crippen LogP contribution >= 0.6 is 11.6 Å². The largest absolute Gasteiger partial charge is 0.490 e. The summed E-state index contributed by atoms with van der Waals surface area (Å²) in [6.45, 7) is 13.0. The lowest BCUT2D eigenvalue weighted by atomic mass is 9.92.